The van der Waals surface area contributed by atoms with Crippen LogP contribution in [0.4, 0.5) is 30.7 Å². The van der Waals surface area contributed by atoms with Gasteiger partial charge in [0.05, 0.1) is 0 Å². The fourth-order valence-corrected chi connectivity index (χ4v) is 1.70. The number of benzene rings is 1. The van der Waals surface area contributed by atoms with E-state index in [1.807, 2.05) is 0 Å². The maximum Gasteiger partial charge on any atom is 0.523 e. The highest BCUT2D eigenvalue weighted by Gasteiger charge is 2.53. The fourth-order valence-electron chi connectivity index (χ4n) is 1.12. The number of hydrogen-bond acceptors (Lipinski definition) is 3. The molecule has 3 nitrogen and oxygen atoms in total. The lowest BCUT2D eigenvalue weighted by Gasteiger charge is -2.21. The van der Waals surface area contributed by atoms with E-state index in [1.165, 1.54) is 0 Å². The molecular weight excluding hydrogens is 321 g/mol. The van der Waals surface area contributed by atoms with Crippen molar-refractivity contribution in [1.29, 1.82) is 0 Å². The third kappa shape index (κ3) is 3.82. The number of hydrogen-bond donors (Lipinski definition) is 0. The minimum absolute atomic E-state index is 0.472. The Morgan fingerprint density at radius 2 is 1.40 bits per heavy atom. The molecule has 0 unspecified atom stereocenters. The average molecular weight is 326 g/mol. The van der Waals surface area contributed by atoms with Crippen LogP contribution in [0.25, 0.3) is 0 Å². The van der Waals surface area contributed by atoms with Crippen LogP contribution in [0.15, 0.2) is 24.3 Å². The SMILES string of the molecule is O=S(=O)(O[C@@H](c1ccc(F)cc1)C(F)(F)F)C(F)(F)F. The van der Waals surface area contributed by atoms with Gasteiger partial charge in [-0.1, -0.05) is 12.1 Å². The van der Waals surface area contributed by atoms with E-state index in [9.17, 15) is 39.2 Å². The Hall–Kier alpha value is -1.36. The minimum atomic E-state index is -6.45. The zero-order valence-corrected chi connectivity index (χ0v) is 9.98. The summed E-state index contributed by atoms with van der Waals surface area (Å²) in [6, 6.07) is 1.99. The molecule has 0 saturated carbocycles. The van der Waals surface area contributed by atoms with Crippen molar-refractivity contribution in [1.82, 2.24) is 0 Å². The van der Waals surface area contributed by atoms with E-state index >= 15 is 0 Å². The second kappa shape index (κ2) is 5.20. The average Bonchev–Trinajstić information content (AvgIpc) is 2.24. The summed E-state index contributed by atoms with van der Waals surface area (Å²) in [4.78, 5) is 0. The summed E-state index contributed by atoms with van der Waals surface area (Å²) in [7, 11) is -6.45. The topological polar surface area (TPSA) is 43.4 Å². The van der Waals surface area contributed by atoms with Gasteiger partial charge in [-0.05, 0) is 17.7 Å². The second-order valence-corrected chi connectivity index (χ2v) is 5.03. The predicted octanol–water partition coefficient (Wildman–Crippen LogP) is 3.30. The molecule has 0 N–H and O–H groups in total. The molecule has 0 bridgehead atoms. The quantitative estimate of drug-likeness (QED) is 0.486. The number of alkyl halides is 6. The van der Waals surface area contributed by atoms with E-state index in [4.69, 9.17) is 0 Å². The lowest BCUT2D eigenvalue weighted by Crippen LogP contribution is -2.32. The van der Waals surface area contributed by atoms with Crippen LogP contribution in [0.1, 0.15) is 11.7 Å². The molecular formula is C9H5F7O3S. The van der Waals surface area contributed by atoms with Gasteiger partial charge in [0.2, 0.25) is 0 Å². The van der Waals surface area contributed by atoms with Crippen LogP contribution in [-0.2, 0) is 14.3 Å². The molecule has 0 aliphatic heterocycles. The Kier molecular flexibility index (Phi) is 4.34. The molecule has 0 fully saturated rings. The van der Waals surface area contributed by atoms with Crippen molar-refractivity contribution in [3.05, 3.63) is 35.6 Å². The Balaban J connectivity index is 3.20. The van der Waals surface area contributed by atoms with E-state index in [1.54, 1.807) is 0 Å². The summed E-state index contributed by atoms with van der Waals surface area (Å²) >= 11 is 0. The van der Waals surface area contributed by atoms with E-state index in [-0.39, 0.29) is 0 Å². The van der Waals surface area contributed by atoms with Gasteiger partial charge >= 0.3 is 21.8 Å². The van der Waals surface area contributed by atoms with Gasteiger partial charge in [-0.25, -0.2) is 8.57 Å². The minimum Gasteiger partial charge on any atom is -0.245 e. The van der Waals surface area contributed by atoms with Crippen molar-refractivity contribution in [3.63, 3.8) is 0 Å². The molecule has 0 radical (unpaired) electrons. The van der Waals surface area contributed by atoms with Gasteiger partial charge in [-0.3, -0.25) is 0 Å². The molecule has 1 atom stereocenters. The zero-order valence-electron chi connectivity index (χ0n) is 9.17. The van der Waals surface area contributed by atoms with Gasteiger partial charge in [-0.15, -0.1) is 0 Å². The van der Waals surface area contributed by atoms with Crippen LogP contribution in [0.5, 0.6) is 0 Å². The maximum atomic E-state index is 12.6. The highest BCUT2D eigenvalue weighted by molar-refractivity contribution is 7.87. The molecule has 0 heterocycles. The third-order valence-electron chi connectivity index (χ3n) is 1.98. The van der Waals surface area contributed by atoms with Crippen LogP contribution in [0.3, 0.4) is 0 Å². The van der Waals surface area contributed by atoms with Crippen LogP contribution < -0.4 is 0 Å². The molecule has 0 aromatic heterocycles. The van der Waals surface area contributed by atoms with Gasteiger partial charge in [0.15, 0.2) is 6.10 Å². The van der Waals surface area contributed by atoms with Crippen molar-refractivity contribution < 1.29 is 43.3 Å². The maximum absolute atomic E-state index is 12.6. The first-order valence-electron chi connectivity index (χ1n) is 4.66. The summed E-state index contributed by atoms with van der Waals surface area (Å²) in [5.41, 5.74) is -6.98. The molecule has 0 aliphatic carbocycles. The lowest BCUT2D eigenvalue weighted by atomic mass is 10.1. The molecule has 11 heteroatoms. The molecule has 20 heavy (non-hydrogen) atoms. The van der Waals surface area contributed by atoms with Gasteiger partial charge < -0.3 is 0 Å². The molecule has 0 saturated heterocycles. The lowest BCUT2D eigenvalue weighted by molar-refractivity contribution is -0.200. The number of halogens is 7. The third-order valence-corrected chi connectivity index (χ3v) is 2.99. The van der Waals surface area contributed by atoms with Gasteiger partial charge in [0.25, 0.3) is 0 Å². The first kappa shape index (κ1) is 16.7. The first-order valence-corrected chi connectivity index (χ1v) is 6.07. The summed E-state index contributed by atoms with van der Waals surface area (Å²) in [6.45, 7) is 0. The molecule has 0 spiro atoms. The molecule has 1 rings (SSSR count). The summed E-state index contributed by atoms with van der Waals surface area (Å²) < 4.78 is 111. The Labute approximate surface area is 108 Å². The van der Waals surface area contributed by atoms with Crippen molar-refractivity contribution in [3.8, 4) is 0 Å². The van der Waals surface area contributed by atoms with Crippen molar-refractivity contribution in [2.45, 2.75) is 17.8 Å². The second-order valence-electron chi connectivity index (χ2n) is 3.47. The Morgan fingerprint density at radius 3 is 1.75 bits per heavy atom. The summed E-state index contributed by atoms with van der Waals surface area (Å²) in [6.07, 6.45) is -8.81. The molecule has 0 aliphatic rings. The highest BCUT2D eigenvalue weighted by atomic mass is 32.2. The fraction of sp³-hybridized carbons (Fsp3) is 0.333. The smallest absolute Gasteiger partial charge is 0.245 e. The summed E-state index contributed by atoms with van der Waals surface area (Å²) in [5.74, 6) is -0.951. The molecule has 1 aromatic carbocycles. The van der Waals surface area contributed by atoms with E-state index in [0.717, 1.165) is 0 Å². The number of rotatable bonds is 3. The standard InChI is InChI=1S/C9H5F7O3S/c10-6-3-1-5(2-4-6)7(8(11,12)13)19-20(17,18)9(14,15)16/h1-4,7H/t7-/m0/s1. The monoisotopic (exact) mass is 326 g/mol. The van der Waals surface area contributed by atoms with Crippen LogP contribution in [-0.4, -0.2) is 20.1 Å². The Morgan fingerprint density at radius 1 is 0.950 bits per heavy atom. The molecule has 0 amide bonds. The van der Waals surface area contributed by atoms with Crippen molar-refractivity contribution in [2.24, 2.45) is 0 Å². The van der Waals surface area contributed by atoms with E-state index < -0.39 is 39.3 Å². The largest absolute Gasteiger partial charge is 0.523 e. The van der Waals surface area contributed by atoms with Gasteiger partial charge in [0.1, 0.15) is 5.82 Å². The summed E-state index contributed by atoms with van der Waals surface area (Å²) in [5, 5.41) is 0. The predicted molar refractivity (Wildman–Crippen MR) is 51.3 cm³/mol. The Bertz CT molecular complexity index is 559. The van der Waals surface area contributed by atoms with E-state index in [0.29, 0.717) is 24.3 Å². The van der Waals surface area contributed by atoms with E-state index in [2.05, 4.69) is 4.18 Å². The van der Waals surface area contributed by atoms with Gasteiger partial charge in [-0.2, -0.15) is 34.8 Å². The van der Waals surface area contributed by atoms with Crippen molar-refractivity contribution >= 4 is 10.1 Å². The zero-order chi connectivity index (χ0) is 15.8. The van der Waals surface area contributed by atoms with Crippen LogP contribution in [0.2, 0.25) is 0 Å². The van der Waals surface area contributed by atoms with Crippen LogP contribution in [0, 0.1) is 5.82 Å². The first-order chi connectivity index (χ1) is 8.84. The highest BCUT2D eigenvalue weighted by Crippen LogP contribution is 2.40. The van der Waals surface area contributed by atoms with Crippen LogP contribution >= 0.6 is 0 Å². The van der Waals surface area contributed by atoms with Gasteiger partial charge in [0, 0.05) is 0 Å². The molecule has 1 aromatic rings. The molecule has 114 valence electrons. The van der Waals surface area contributed by atoms with Crippen molar-refractivity contribution in [2.75, 3.05) is 0 Å². The normalized spacial score (nSPS) is 15.2.